The molecule has 3 rings (SSSR count). The van der Waals surface area contributed by atoms with Crippen LogP contribution in [0, 0.1) is 17.8 Å². The molecule has 0 heterocycles. The molecule has 0 aliphatic heterocycles. The van der Waals surface area contributed by atoms with Crippen molar-refractivity contribution in [2.45, 2.75) is 71.6 Å². The Morgan fingerprint density at radius 2 is 1.32 bits per heavy atom. The summed E-state index contributed by atoms with van der Waals surface area (Å²) < 4.78 is 0. The minimum Gasteiger partial charge on any atom is -0.0985 e. The highest BCUT2D eigenvalue weighted by Gasteiger charge is 2.30. The second-order valence-corrected chi connectivity index (χ2v) is 7.50. The average molecular weight is 299 g/mol. The molecule has 2 fully saturated rings. The van der Waals surface area contributed by atoms with Gasteiger partial charge in [-0.2, -0.15) is 0 Å². The van der Waals surface area contributed by atoms with Crippen molar-refractivity contribution < 1.29 is 0 Å². The highest BCUT2D eigenvalue weighted by atomic mass is 14.4. The lowest BCUT2D eigenvalue weighted by Crippen LogP contribution is -2.24. The van der Waals surface area contributed by atoms with Crippen LogP contribution in [0.1, 0.15) is 82.8 Å². The van der Waals surface area contributed by atoms with Gasteiger partial charge in [0.2, 0.25) is 0 Å². The largest absolute Gasteiger partial charge is 0.0985 e. The van der Waals surface area contributed by atoms with Gasteiger partial charge >= 0.3 is 0 Å². The molecular weight excluding hydrogens is 264 g/mol. The molecule has 0 saturated heterocycles. The maximum atomic E-state index is 3.84. The van der Waals surface area contributed by atoms with E-state index in [4.69, 9.17) is 0 Å². The minimum atomic E-state index is 0. The first-order chi connectivity index (χ1) is 10.3. The number of hydrogen-bond acceptors (Lipinski definition) is 0. The monoisotopic (exact) mass is 298 g/mol. The summed E-state index contributed by atoms with van der Waals surface area (Å²) in [4.78, 5) is 0. The Morgan fingerprint density at radius 3 is 1.82 bits per heavy atom. The summed E-state index contributed by atoms with van der Waals surface area (Å²) >= 11 is 0. The number of hydrogen-bond donors (Lipinski definition) is 0. The van der Waals surface area contributed by atoms with Gasteiger partial charge in [0.25, 0.3) is 0 Å². The molecule has 2 aliphatic carbocycles. The topological polar surface area (TPSA) is 0 Å². The van der Waals surface area contributed by atoms with Gasteiger partial charge in [0.05, 0.1) is 0 Å². The van der Waals surface area contributed by atoms with Crippen LogP contribution in [0.2, 0.25) is 0 Å². The molecule has 0 unspecified atom stereocenters. The molecule has 0 nitrogen and oxygen atoms in total. The van der Waals surface area contributed by atoms with Crippen LogP contribution in [-0.4, -0.2) is 0 Å². The van der Waals surface area contributed by atoms with E-state index in [2.05, 4.69) is 37.8 Å². The Morgan fingerprint density at radius 1 is 0.818 bits per heavy atom. The van der Waals surface area contributed by atoms with E-state index in [1.165, 1.54) is 56.9 Å². The van der Waals surface area contributed by atoms with E-state index in [0.29, 0.717) is 0 Å². The Balaban J connectivity index is 0.00000176. The summed E-state index contributed by atoms with van der Waals surface area (Å²) in [6.45, 7) is 6.27. The molecule has 0 atom stereocenters. The van der Waals surface area contributed by atoms with Crippen LogP contribution in [0.25, 0.3) is 6.08 Å². The van der Waals surface area contributed by atoms with Crippen molar-refractivity contribution in [3.8, 4) is 0 Å². The molecule has 1 aromatic rings. The zero-order chi connectivity index (χ0) is 14.7. The van der Waals surface area contributed by atoms with Gasteiger partial charge < -0.3 is 0 Å². The molecule has 0 bridgehead atoms. The molecule has 2 saturated carbocycles. The van der Waals surface area contributed by atoms with Crippen LogP contribution in [-0.2, 0) is 0 Å². The molecule has 0 N–H and O–H groups in total. The van der Waals surface area contributed by atoms with Gasteiger partial charge in [-0.3, -0.25) is 0 Å². The third-order valence-corrected chi connectivity index (χ3v) is 6.14. The Kier molecular flexibility index (Phi) is 6.29. The minimum absolute atomic E-state index is 0. The van der Waals surface area contributed by atoms with Crippen LogP contribution in [0.4, 0.5) is 0 Å². The lowest BCUT2D eigenvalue weighted by Gasteiger charge is -2.37. The zero-order valence-electron chi connectivity index (χ0n) is 13.6. The third kappa shape index (κ3) is 4.03. The average Bonchev–Trinajstić information content (AvgIpc) is 2.56. The van der Waals surface area contributed by atoms with Crippen molar-refractivity contribution in [1.82, 2.24) is 0 Å². The molecular formula is C22H34. The molecule has 1 aromatic carbocycles. The molecule has 0 spiro atoms. The predicted octanol–water partition coefficient (Wildman–Crippen LogP) is 7.07. The summed E-state index contributed by atoms with van der Waals surface area (Å²) in [7, 11) is 0. The SMILES string of the molecule is C.C=Cc1ccc(C2CCC(C3CCC(C)CC3)CC2)cc1. The van der Waals surface area contributed by atoms with Gasteiger partial charge in [-0.25, -0.2) is 0 Å². The van der Waals surface area contributed by atoms with Gasteiger partial charge in [0.1, 0.15) is 0 Å². The van der Waals surface area contributed by atoms with Crippen LogP contribution in [0.5, 0.6) is 0 Å². The van der Waals surface area contributed by atoms with Gasteiger partial charge in [0.15, 0.2) is 0 Å². The standard InChI is InChI=1S/C21H30.CH4/c1-3-17-6-10-19(11-7-17)21-14-12-20(13-15-21)18-8-4-16(2)5-9-18;/h3,6-7,10-11,16,18,20-21H,1,4-5,8-9,12-15H2,2H3;1H4. The Labute approximate surface area is 138 Å². The zero-order valence-corrected chi connectivity index (χ0v) is 13.6. The Hall–Kier alpha value is -1.04. The van der Waals surface area contributed by atoms with Crippen molar-refractivity contribution in [3.05, 3.63) is 42.0 Å². The fourth-order valence-corrected chi connectivity index (χ4v) is 4.59. The van der Waals surface area contributed by atoms with Crippen molar-refractivity contribution in [2.24, 2.45) is 17.8 Å². The van der Waals surface area contributed by atoms with Crippen LogP contribution in [0.15, 0.2) is 30.8 Å². The van der Waals surface area contributed by atoms with Crippen molar-refractivity contribution >= 4 is 6.08 Å². The van der Waals surface area contributed by atoms with Gasteiger partial charge in [-0.15, -0.1) is 0 Å². The van der Waals surface area contributed by atoms with E-state index >= 15 is 0 Å². The number of benzene rings is 1. The predicted molar refractivity (Wildman–Crippen MR) is 99.1 cm³/mol. The van der Waals surface area contributed by atoms with E-state index < -0.39 is 0 Å². The van der Waals surface area contributed by atoms with Crippen LogP contribution >= 0.6 is 0 Å². The molecule has 0 heteroatoms. The quantitative estimate of drug-likeness (QED) is 0.560. The fraction of sp³-hybridized carbons (Fsp3) is 0.636. The Bertz CT molecular complexity index is 439. The van der Waals surface area contributed by atoms with Gasteiger partial charge in [-0.1, -0.05) is 64.1 Å². The second kappa shape index (κ2) is 7.99. The van der Waals surface area contributed by atoms with E-state index in [-0.39, 0.29) is 7.43 Å². The molecule has 0 aromatic heterocycles. The van der Waals surface area contributed by atoms with Crippen LogP contribution < -0.4 is 0 Å². The second-order valence-electron chi connectivity index (χ2n) is 7.50. The highest BCUT2D eigenvalue weighted by Crippen LogP contribution is 2.43. The first kappa shape index (κ1) is 17.3. The normalized spacial score (nSPS) is 32.0. The van der Waals surface area contributed by atoms with E-state index in [1.54, 1.807) is 5.56 Å². The van der Waals surface area contributed by atoms with E-state index in [9.17, 15) is 0 Å². The maximum absolute atomic E-state index is 3.84. The summed E-state index contributed by atoms with van der Waals surface area (Å²) in [6, 6.07) is 9.09. The van der Waals surface area contributed by atoms with Crippen molar-refractivity contribution in [2.75, 3.05) is 0 Å². The molecule has 2 aliphatic rings. The lowest BCUT2D eigenvalue weighted by molar-refractivity contribution is 0.165. The van der Waals surface area contributed by atoms with Gasteiger partial charge in [-0.05, 0) is 73.3 Å². The third-order valence-electron chi connectivity index (χ3n) is 6.14. The summed E-state index contributed by atoms with van der Waals surface area (Å²) in [5, 5.41) is 0. The first-order valence-corrected chi connectivity index (χ1v) is 8.98. The summed E-state index contributed by atoms with van der Waals surface area (Å²) in [6.07, 6.45) is 13.6. The smallest absolute Gasteiger partial charge is 0.0162 e. The maximum Gasteiger partial charge on any atom is -0.0162 e. The summed E-state index contributed by atoms with van der Waals surface area (Å²) in [5.41, 5.74) is 2.79. The first-order valence-electron chi connectivity index (χ1n) is 8.98. The van der Waals surface area contributed by atoms with Crippen LogP contribution in [0.3, 0.4) is 0 Å². The molecule has 22 heavy (non-hydrogen) atoms. The van der Waals surface area contributed by atoms with Gasteiger partial charge in [0, 0.05) is 0 Å². The van der Waals surface area contributed by atoms with Crippen molar-refractivity contribution in [3.63, 3.8) is 0 Å². The van der Waals surface area contributed by atoms with Crippen molar-refractivity contribution in [1.29, 1.82) is 0 Å². The molecule has 0 radical (unpaired) electrons. The number of rotatable bonds is 3. The van der Waals surface area contributed by atoms with E-state index in [1.807, 2.05) is 6.08 Å². The molecule has 0 amide bonds. The molecule has 122 valence electrons. The lowest BCUT2D eigenvalue weighted by atomic mass is 9.68. The van der Waals surface area contributed by atoms with E-state index in [0.717, 1.165) is 23.7 Å². The fourth-order valence-electron chi connectivity index (χ4n) is 4.59. The highest BCUT2D eigenvalue weighted by molar-refractivity contribution is 5.47. The summed E-state index contributed by atoms with van der Waals surface area (Å²) in [5.74, 6) is 3.87.